The average Bonchev–Trinajstić information content (AvgIpc) is 3.04. The molecule has 1 fully saturated rings. The summed E-state index contributed by atoms with van der Waals surface area (Å²) in [6.07, 6.45) is -3.17. The van der Waals surface area contributed by atoms with Gasteiger partial charge < -0.3 is 9.64 Å². The number of thioether (sulfide) groups is 1. The second-order valence-corrected chi connectivity index (χ2v) is 10.8. The van der Waals surface area contributed by atoms with Crippen LogP contribution in [0.5, 0.6) is 5.75 Å². The number of nitrogens with zero attached hydrogens (tertiary/aromatic N) is 1. The van der Waals surface area contributed by atoms with Crippen LogP contribution < -0.4 is 15.0 Å². The highest BCUT2D eigenvalue weighted by atomic mass is 32.2. The molecule has 2 heterocycles. The van der Waals surface area contributed by atoms with E-state index in [-0.39, 0.29) is 22.4 Å². The number of carbonyl (C=O) groups excluding carboxylic acids is 3. The van der Waals surface area contributed by atoms with Crippen LogP contribution in [-0.2, 0) is 15.0 Å². The number of carbonyl (C=O) groups is 3. The third-order valence-electron chi connectivity index (χ3n) is 6.17. The van der Waals surface area contributed by atoms with Crippen molar-refractivity contribution in [3.8, 4) is 16.9 Å². The maximum absolute atomic E-state index is 13.3. The lowest BCUT2D eigenvalue weighted by Crippen LogP contribution is -2.45. The zero-order valence-electron chi connectivity index (χ0n) is 20.4. The number of rotatable bonds is 4. The first-order valence-electron chi connectivity index (χ1n) is 11.3. The van der Waals surface area contributed by atoms with Crippen LogP contribution in [0.1, 0.15) is 50.8 Å². The quantitative estimate of drug-likeness (QED) is 0.481. The first kappa shape index (κ1) is 25.8. The van der Waals surface area contributed by atoms with Crippen molar-refractivity contribution in [2.45, 2.75) is 58.9 Å². The molecule has 1 saturated heterocycles. The second-order valence-electron chi connectivity index (χ2n) is 9.76. The minimum atomic E-state index is -4.92. The Morgan fingerprint density at radius 3 is 2.39 bits per heavy atom. The van der Waals surface area contributed by atoms with Crippen LogP contribution in [0, 0.1) is 6.92 Å². The number of ether oxygens (including phenoxy) is 1. The maximum atomic E-state index is 13.3. The molecule has 190 valence electrons. The van der Waals surface area contributed by atoms with Gasteiger partial charge >= 0.3 is 6.36 Å². The Bertz CT molecular complexity index is 1310. The molecule has 0 atom stereocenters. The minimum Gasteiger partial charge on any atom is -0.405 e. The Kier molecular flexibility index (Phi) is 6.45. The highest BCUT2D eigenvalue weighted by Gasteiger charge is 2.39. The molecule has 36 heavy (non-hydrogen) atoms. The Morgan fingerprint density at radius 1 is 1.11 bits per heavy atom. The van der Waals surface area contributed by atoms with E-state index >= 15 is 0 Å². The van der Waals surface area contributed by atoms with Gasteiger partial charge in [-0.3, -0.25) is 19.7 Å². The standard InChI is InChI=1S/C26H25F3N2O4S/c1-13(2)31-19-11-16(14(3)8-18(19)25(4,5)12-22(31)32)17-9-15(6-7-20(17)35-26(27,28)29)10-21-23(33)30-24(34)36-21/h6-11,13H,12H2,1-5H3,(H,30,33,34). The third kappa shape index (κ3) is 5.00. The highest BCUT2D eigenvalue weighted by molar-refractivity contribution is 8.18. The Morgan fingerprint density at radius 2 is 1.81 bits per heavy atom. The number of aryl methyl sites for hydroxylation is 1. The van der Waals surface area contributed by atoms with Crippen molar-refractivity contribution >= 4 is 40.6 Å². The van der Waals surface area contributed by atoms with Crippen molar-refractivity contribution in [1.82, 2.24) is 5.32 Å². The lowest BCUT2D eigenvalue weighted by atomic mass is 9.75. The number of anilines is 1. The first-order chi connectivity index (χ1) is 16.7. The van der Waals surface area contributed by atoms with Crippen molar-refractivity contribution in [2.24, 2.45) is 0 Å². The van der Waals surface area contributed by atoms with Crippen LogP contribution in [0.3, 0.4) is 0 Å². The molecular formula is C26H25F3N2O4S. The normalized spacial score (nSPS) is 18.6. The van der Waals surface area contributed by atoms with E-state index in [1.54, 1.807) is 17.9 Å². The lowest BCUT2D eigenvalue weighted by Gasteiger charge is -2.41. The minimum absolute atomic E-state index is 0.0588. The number of imide groups is 1. The fraction of sp³-hybridized carbons (Fsp3) is 0.346. The molecular weight excluding hydrogens is 493 g/mol. The molecule has 4 rings (SSSR count). The molecule has 0 aliphatic carbocycles. The van der Waals surface area contributed by atoms with Gasteiger partial charge in [-0.05, 0) is 79.1 Å². The molecule has 0 saturated carbocycles. The number of hydrogen-bond acceptors (Lipinski definition) is 5. The number of nitrogens with one attached hydrogen (secondary N) is 1. The predicted octanol–water partition coefficient (Wildman–Crippen LogP) is 6.31. The summed E-state index contributed by atoms with van der Waals surface area (Å²) in [5, 5.41) is 1.63. The SMILES string of the molecule is Cc1cc2c(cc1-c1cc(C=C3SC(=O)NC3=O)ccc1OC(F)(F)F)N(C(C)C)C(=O)CC2(C)C. The summed E-state index contributed by atoms with van der Waals surface area (Å²) in [7, 11) is 0. The molecule has 0 spiro atoms. The Balaban J connectivity index is 1.93. The van der Waals surface area contributed by atoms with Crippen molar-refractivity contribution in [3.63, 3.8) is 0 Å². The highest BCUT2D eigenvalue weighted by Crippen LogP contribution is 2.46. The number of benzene rings is 2. The molecule has 2 aliphatic rings. The molecule has 2 aromatic rings. The number of alkyl halides is 3. The summed E-state index contributed by atoms with van der Waals surface area (Å²) in [4.78, 5) is 38.3. The maximum Gasteiger partial charge on any atom is 0.573 e. The van der Waals surface area contributed by atoms with Crippen LogP contribution in [0.2, 0.25) is 0 Å². The van der Waals surface area contributed by atoms with E-state index in [1.807, 2.05) is 33.8 Å². The van der Waals surface area contributed by atoms with Gasteiger partial charge in [0.2, 0.25) is 5.91 Å². The van der Waals surface area contributed by atoms with Gasteiger partial charge in [0.15, 0.2) is 0 Å². The Hall–Kier alpha value is -3.27. The fourth-order valence-corrected chi connectivity index (χ4v) is 5.30. The van der Waals surface area contributed by atoms with E-state index in [0.717, 1.165) is 5.56 Å². The van der Waals surface area contributed by atoms with Crippen LogP contribution in [0.4, 0.5) is 23.7 Å². The van der Waals surface area contributed by atoms with Gasteiger partial charge in [-0.25, -0.2) is 0 Å². The van der Waals surface area contributed by atoms with E-state index in [0.29, 0.717) is 40.6 Å². The van der Waals surface area contributed by atoms with E-state index in [1.165, 1.54) is 24.3 Å². The largest absolute Gasteiger partial charge is 0.573 e. The molecule has 10 heteroatoms. The van der Waals surface area contributed by atoms with Crippen LogP contribution in [0.25, 0.3) is 17.2 Å². The first-order valence-corrected chi connectivity index (χ1v) is 12.1. The number of amides is 3. The van der Waals surface area contributed by atoms with Crippen molar-refractivity contribution in [1.29, 1.82) is 0 Å². The second kappa shape index (κ2) is 8.99. The number of hydrogen-bond donors (Lipinski definition) is 1. The van der Waals surface area contributed by atoms with Gasteiger partial charge in [0.1, 0.15) is 5.75 Å². The van der Waals surface area contributed by atoms with Gasteiger partial charge in [0, 0.05) is 29.1 Å². The smallest absolute Gasteiger partial charge is 0.405 e. The predicted molar refractivity (Wildman–Crippen MR) is 133 cm³/mol. The van der Waals surface area contributed by atoms with Crippen LogP contribution in [-0.4, -0.2) is 29.5 Å². The van der Waals surface area contributed by atoms with Crippen molar-refractivity contribution in [3.05, 3.63) is 51.9 Å². The van der Waals surface area contributed by atoms with E-state index in [9.17, 15) is 27.6 Å². The Labute approximate surface area is 210 Å². The molecule has 2 aliphatic heterocycles. The van der Waals surface area contributed by atoms with E-state index < -0.39 is 28.7 Å². The molecule has 0 unspecified atom stereocenters. The summed E-state index contributed by atoms with van der Waals surface area (Å²) in [6, 6.07) is 7.54. The third-order valence-corrected chi connectivity index (χ3v) is 6.98. The molecule has 0 bridgehead atoms. The monoisotopic (exact) mass is 518 g/mol. The molecule has 0 aromatic heterocycles. The van der Waals surface area contributed by atoms with E-state index in [2.05, 4.69) is 10.1 Å². The summed E-state index contributed by atoms with van der Waals surface area (Å²) < 4.78 is 44.2. The van der Waals surface area contributed by atoms with Gasteiger partial charge in [-0.15, -0.1) is 13.2 Å². The molecule has 6 nitrogen and oxygen atoms in total. The molecule has 2 aromatic carbocycles. The van der Waals surface area contributed by atoms with Gasteiger partial charge in [0.05, 0.1) is 4.91 Å². The van der Waals surface area contributed by atoms with Gasteiger partial charge in [0.25, 0.3) is 11.1 Å². The summed E-state index contributed by atoms with van der Waals surface area (Å²) in [6.45, 7) is 9.50. The average molecular weight is 519 g/mol. The number of fused-ring (bicyclic) bond motifs is 1. The molecule has 1 N–H and O–H groups in total. The van der Waals surface area contributed by atoms with Crippen LogP contribution in [0.15, 0.2) is 35.2 Å². The number of halogens is 3. The lowest BCUT2D eigenvalue weighted by molar-refractivity contribution is -0.274. The summed E-state index contributed by atoms with van der Waals surface area (Å²) in [5.74, 6) is -1.04. The van der Waals surface area contributed by atoms with Gasteiger partial charge in [-0.2, -0.15) is 0 Å². The summed E-state index contributed by atoms with van der Waals surface area (Å²) >= 11 is 0.716. The van der Waals surface area contributed by atoms with Crippen molar-refractivity contribution in [2.75, 3.05) is 4.90 Å². The zero-order valence-corrected chi connectivity index (χ0v) is 21.2. The fourth-order valence-electron chi connectivity index (χ4n) is 4.62. The molecule has 0 radical (unpaired) electrons. The molecule has 3 amide bonds. The van der Waals surface area contributed by atoms with E-state index in [4.69, 9.17) is 0 Å². The zero-order chi connectivity index (χ0) is 26.6. The topological polar surface area (TPSA) is 75.7 Å². The van der Waals surface area contributed by atoms with Crippen molar-refractivity contribution < 1.29 is 32.3 Å². The van der Waals surface area contributed by atoms with Gasteiger partial charge in [-0.1, -0.05) is 26.0 Å². The van der Waals surface area contributed by atoms with Crippen LogP contribution >= 0.6 is 11.8 Å². The summed E-state index contributed by atoms with van der Waals surface area (Å²) in [5.41, 5.74) is 2.87.